The van der Waals surface area contributed by atoms with Crippen LogP contribution in [0.3, 0.4) is 0 Å². The van der Waals surface area contributed by atoms with Crippen LogP contribution in [0.2, 0.25) is 0 Å². The van der Waals surface area contributed by atoms with E-state index < -0.39 is 11.6 Å². The topological polar surface area (TPSA) is 182 Å². The molecule has 2 fully saturated rings. The first kappa shape index (κ1) is 41.8. The van der Waals surface area contributed by atoms with Gasteiger partial charge >= 0.3 is 11.9 Å². The molecular weight excluding hydrogens is 811 g/mol. The van der Waals surface area contributed by atoms with Gasteiger partial charge in [0.1, 0.15) is 12.4 Å². The van der Waals surface area contributed by atoms with E-state index in [9.17, 15) is 34.5 Å². The Morgan fingerprint density at radius 2 is 1.71 bits per heavy atom. The van der Waals surface area contributed by atoms with Crippen LogP contribution in [-0.2, 0) is 50.8 Å². The molecule has 0 radical (unpaired) electrons. The summed E-state index contributed by atoms with van der Waals surface area (Å²) in [5, 5.41) is 36.3. The van der Waals surface area contributed by atoms with Crippen LogP contribution >= 0.6 is 30.2 Å². The van der Waals surface area contributed by atoms with E-state index in [-0.39, 0.29) is 75.8 Å². The molecule has 0 spiro atoms. The van der Waals surface area contributed by atoms with Crippen molar-refractivity contribution in [2.24, 2.45) is 23.7 Å². The van der Waals surface area contributed by atoms with Crippen LogP contribution in [0.15, 0.2) is 40.0 Å². The Bertz CT molecular complexity index is 2380. The summed E-state index contributed by atoms with van der Waals surface area (Å²) >= 11 is 1.45. The van der Waals surface area contributed by atoms with Gasteiger partial charge in [0.25, 0.3) is 5.56 Å². The predicted molar refractivity (Wildman–Crippen MR) is 230 cm³/mol. The fourth-order valence-electron chi connectivity index (χ4n) is 9.58. The van der Waals surface area contributed by atoms with Crippen LogP contribution in [0.5, 0.6) is 17.5 Å². The van der Waals surface area contributed by atoms with E-state index in [1.165, 1.54) is 11.8 Å². The molecule has 1 amide bonds. The minimum Gasteiger partial charge on any atom is -0.494 e. The SMILES string of the molecule is CCc1c2c(nc3ccc(OC(=O)C4CCC(CNC(=O)C5CCC(Cn6c(O)cc(SC(P)P)c6O)CC5)CC4)cc13)-c1cc3c(c(=O)n1C2)COC(=O)[C@]3(O)CC. The quantitative estimate of drug-likeness (QED) is 0.0505. The number of aromatic hydroxyl groups is 2. The van der Waals surface area contributed by atoms with Crippen LogP contribution in [0.4, 0.5) is 0 Å². The number of hydrogen-bond acceptors (Lipinski definition) is 11. The van der Waals surface area contributed by atoms with E-state index in [0.717, 1.165) is 55.0 Å². The van der Waals surface area contributed by atoms with Crippen LogP contribution < -0.4 is 15.6 Å². The smallest absolute Gasteiger partial charge is 0.343 e. The highest BCUT2D eigenvalue weighted by Gasteiger charge is 2.45. The molecule has 2 aliphatic carbocycles. The molecule has 3 aromatic heterocycles. The maximum atomic E-state index is 13.7. The van der Waals surface area contributed by atoms with E-state index in [0.29, 0.717) is 72.4 Å². The molecule has 2 unspecified atom stereocenters. The highest BCUT2D eigenvalue weighted by Crippen LogP contribution is 2.44. The number of hydrogen-bond donors (Lipinski definition) is 4. The molecule has 4 aromatic rings. The fourth-order valence-corrected chi connectivity index (χ4v) is 11.1. The zero-order valence-electron chi connectivity index (χ0n) is 33.4. The molecule has 3 atom stereocenters. The Hall–Kier alpha value is -3.96. The summed E-state index contributed by atoms with van der Waals surface area (Å²) in [5.41, 5.74) is 2.10. The number of aliphatic hydroxyl groups is 1. The average Bonchev–Trinajstić information content (AvgIpc) is 3.72. The van der Waals surface area contributed by atoms with Gasteiger partial charge in [-0.2, -0.15) is 0 Å². The number of nitrogens with zero attached hydrogens (tertiary/aromatic N) is 3. The van der Waals surface area contributed by atoms with Crippen LogP contribution in [0, 0.1) is 23.7 Å². The van der Waals surface area contributed by atoms with Crippen molar-refractivity contribution in [2.45, 2.75) is 113 Å². The van der Waals surface area contributed by atoms with Crippen molar-refractivity contribution in [3.05, 3.63) is 62.9 Å². The zero-order chi connectivity index (χ0) is 41.7. The van der Waals surface area contributed by atoms with Crippen molar-refractivity contribution >= 4 is 59.0 Å². The van der Waals surface area contributed by atoms with Gasteiger partial charge in [-0.3, -0.25) is 19.0 Å². The van der Waals surface area contributed by atoms with Crippen molar-refractivity contribution in [3.63, 3.8) is 0 Å². The number of esters is 2. The Morgan fingerprint density at radius 3 is 2.41 bits per heavy atom. The molecule has 314 valence electrons. The molecule has 2 aliphatic heterocycles. The third-order valence-electron chi connectivity index (χ3n) is 13.0. The fraction of sp³-hybridized carbons (Fsp3) is 0.512. The number of fused-ring (bicyclic) bond motifs is 5. The van der Waals surface area contributed by atoms with Gasteiger partial charge in [-0.05, 0) is 106 Å². The summed E-state index contributed by atoms with van der Waals surface area (Å²) in [4.78, 5) is 58.4. The van der Waals surface area contributed by atoms with Gasteiger partial charge in [0, 0.05) is 46.3 Å². The van der Waals surface area contributed by atoms with Crippen molar-refractivity contribution in [3.8, 4) is 28.9 Å². The number of aromatic nitrogens is 3. The molecule has 13 nitrogen and oxygen atoms in total. The number of ether oxygens (including phenoxy) is 2. The molecule has 4 aliphatic rings. The Kier molecular flexibility index (Phi) is 11.9. The number of thioether (sulfide) groups is 1. The maximum absolute atomic E-state index is 13.7. The summed E-state index contributed by atoms with van der Waals surface area (Å²) in [6.07, 6.45) is 6.94. The Morgan fingerprint density at radius 1 is 1.00 bits per heavy atom. The second-order valence-corrected chi connectivity index (χ2v) is 20.9. The average molecular weight is 863 g/mol. The monoisotopic (exact) mass is 862 g/mol. The van der Waals surface area contributed by atoms with Gasteiger partial charge in [-0.25, -0.2) is 9.78 Å². The minimum atomic E-state index is -1.90. The first-order valence-corrected chi connectivity index (χ1v) is 22.9. The van der Waals surface area contributed by atoms with Crippen molar-refractivity contribution in [1.82, 2.24) is 19.4 Å². The number of cyclic esters (lactones) is 1. The molecule has 8 rings (SSSR count). The second kappa shape index (κ2) is 16.8. The van der Waals surface area contributed by atoms with Crippen LogP contribution in [-0.4, -0.2) is 58.6 Å². The summed E-state index contributed by atoms with van der Waals surface area (Å²) in [6, 6.07) is 8.72. The largest absolute Gasteiger partial charge is 0.494 e. The lowest BCUT2D eigenvalue weighted by Gasteiger charge is -2.31. The van der Waals surface area contributed by atoms with E-state index in [1.807, 2.05) is 19.1 Å². The molecule has 16 heteroatoms. The number of benzene rings is 1. The van der Waals surface area contributed by atoms with Gasteiger partial charge in [-0.15, -0.1) is 30.2 Å². The van der Waals surface area contributed by atoms with Gasteiger partial charge in [0.05, 0.1) is 39.8 Å². The lowest BCUT2D eigenvalue weighted by Crippen LogP contribution is -2.44. The normalized spacial score (nSPS) is 23.7. The molecule has 4 N–H and O–H groups in total. The molecule has 0 saturated heterocycles. The number of carbonyl (C=O) groups excluding carboxylic acids is 3. The van der Waals surface area contributed by atoms with E-state index in [2.05, 4.69) is 23.8 Å². The van der Waals surface area contributed by atoms with E-state index in [1.54, 1.807) is 34.3 Å². The maximum Gasteiger partial charge on any atom is 0.343 e. The van der Waals surface area contributed by atoms with Gasteiger partial charge < -0.3 is 34.7 Å². The van der Waals surface area contributed by atoms with Crippen molar-refractivity contribution in [1.29, 1.82) is 0 Å². The second-order valence-electron chi connectivity index (χ2n) is 16.5. The van der Waals surface area contributed by atoms with Crippen LogP contribution in [0.1, 0.15) is 93.9 Å². The summed E-state index contributed by atoms with van der Waals surface area (Å²) in [7, 11) is 5.28. The summed E-state index contributed by atoms with van der Waals surface area (Å²) in [6.45, 7) is 4.92. The van der Waals surface area contributed by atoms with Crippen LogP contribution in [0.25, 0.3) is 22.3 Å². The molecule has 2 saturated carbocycles. The van der Waals surface area contributed by atoms with Crippen molar-refractivity contribution in [2.75, 3.05) is 6.54 Å². The van der Waals surface area contributed by atoms with E-state index >= 15 is 0 Å². The number of rotatable bonds is 11. The molecule has 0 bridgehead atoms. The number of pyridine rings is 2. The summed E-state index contributed by atoms with van der Waals surface area (Å²) < 4.78 is 14.5. The third-order valence-corrected chi connectivity index (χ3v) is 14.7. The molecule has 59 heavy (non-hydrogen) atoms. The van der Waals surface area contributed by atoms with Gasteiger partial charge in [0.15, 0.2) is 11.5 Å². The highest BCUT2D eigenvalue weighted by molar-refractivity contribution is 8.07. The standard InChI is InChI=1S/C43H52N4O9P2S/c1-3-27-28-15-26(13-14-32(28)45-36-29(27)20-46-33(36)16-31-30(38(46)50)21-55-41(53)43(31,54)4-2)56-40(52)25-11-5-22(6-12-25)18-44-37(49)24-9-7-23(8-10-24)19-47-35(48)17-34(39(47)51)59-42(57)58/h13-17,22-25,42,48,51,54H,3-12,18-21,57-58H2,1-2H3,(H,44,49)/t22?,23?,24?,25?,43-/m0/s1. The van der Waals surface area contributed by atoms with Crippen molar-refractivity contribution < 1.29 is 39.2 Å². The predicted octanol–water partition coefficient (Wildman–Crippen LogP) is 6.32. The van der Waals surface area contributed by atoms with Gasteiger partial charge in [0.2, 0.25) is 11.8 Å². The lowest BCUT2D eigenvalue weighted by atomic mass is 9.80. The number of nitrogens with one attached hydrogen (secondary N) is 1. The number of aryl methyl sites for hydroxylation is 1. The minimum absolute atomic E-state index is 0.0510. The molecule has 1 aromatic carbocycles. The Balaban J connectivity index is 0.845. The first-order chi connectivity index (χ1) is 28.3. The Labute approximate surface area is 351 Å². The molecular formula is C43H52N4O9P2S. The number of amides is 1. The van der Waals surface area contributed by atoms with Gasteiger partial charge in [-0.1, -0.05) is 13.8 Å². The highest BCUT2D eigenvalue weighted by atomic mass is 32.2. The first-order valence-electron chi connectivity index (χ1n) is 20.7. The summed E-state index contributed by atoms with van der Waals surface area (Å²) in [5.74, 6) is -0.0973. The molecule has 5 heterocycles. The lowest BCUT2D eigenvalue weighted by molar-refractivity contribution is -0.172. The van der Waals surface area contributed by atoms with E-state index in [4.69, 9.17) is 14.5 Å². The number of carbonyl (C=O) groups is 3. The third kappa shape index (κ3) is 7.91. The zero-order valence-corrected chi connectivity index (χ0v) is 36.5.